The fourth-order valence-electron chi connectivity index (χ4n) is 4.03. The van der Waals surface area contributed by atoms with Gasteiger partial charge >= 0.3 is 0 Å². The van der Waals surface area contributed by atoms with E-state index in [9.17, 15) is 4.79 Å². The molecule has 1 N–H and O–H groups in total. The molecule has 5 nitrogen and oxygen atoms in total. The van der Waals surface area contributed by atoms with Gasteiger partial charge < -0.3 is 10.1 Å². The van der Waals surface area contributed by atoms with Gasteiger partial charge in [0.15, 0.2) is 0 Å². The number of hydrogen-bond donors (Lipinski definition) is 1. The number of hydrogen-bond acceptors (Lipinski definition) is 4. The Morgan fingerprint density at radius 3 is 2.65 bits per heavy atom. The van der Waals surface area contributed by atoms with Crippen molar-refractivity contribution in [3.8, 4) is 11.6 Å². The molecular formula is C27H23Cl2N3O2. The lowest BCUT2D eigenvalue weighted by Crippen LogP contribution is -2.28. The Morgan fingerprint density at radius 2 is 1.88 bits per heavy atom. The fourth-order valence-corrected chi connectivity index (χ4v) is 4.58. The minimum Gasteiger partial charge on any atom is -0.437 e. The van der Waals surface area contributed by atoms with E-state index < -0.39 is 0 Å². The lowest BCUT2D eigenvalue weighted by Gasteiger charge is -2.17. The summed E-state index contributed by atoms with van der Waals surface area (Å²) in [6.45, 7) is 2.46. The number of nitrogens with one attached hydrogen (secondary N) is 1. The number of rotatable bonds is 7. The highest BCUT2D eigenvalue weighted by molar-refractivity contribution is 6.31. The monoisotopic (exact) mass is 491 g/mol. The summed E-state index contributed by atoms with van der Waals surface area (Å²) in [4.78, 5) is 13.4. The molecule has 1 amide bonds. The summed E-state index contributed by atoms with van der Waals surface area (Å²) >= 11 is 12.7. The molecule has 0 bridgehead atoms. The van der Waals surface area contributed by atoms with Gasteiger partial charge in [-0.15, -0.1) is 10.2 Å². The predicted molar refractivity (Wildman–Crippen MR) is 135 cm³/mol. The smallest absolute Gasteiger partial charge is 0.257 e. The van der Waals surface area contributed by atoms with Gasteiger partial charge in [-0.3, -0.25) is 4.79 Å². The van der Waals surface area contributed by atoms with Crippen LogP contribution in [0.4, 0.5) is 0 Å². The van der Waals surface area contributed by atoms with Crippen molar-refractivity contribution in [1.29, 1.82) is 0 Å². The average molecular weight is 492 g/mol. The largest absolute Gasteiger partial charge is 0.437 e. The number of fused-ring (bicyclic) bond motifs is 1. The summed E-state index contributed by atoms with van der Waals surface area (Å²) in [5.41, 5.74) is 3.24. The summed E-state index contributed by atoms with van der Waals surface area (Å²) in [6.07, 6.45) is 2.46. The van der Waals surface area contributed by atoms with Crippen LogP contribution in [0.2, 0.25) is 10.0 Å². The van der Waals surface area contributed by atoms with Gasteiger partial charge in [-0.25, -0.2) is 0 Å². The Labute approximate surface area is 208 Å². The Balaban J connectivity index is 1.39. The highest BCUT2D eigenvalue weighted by atomic mass is 35.5. The van der Waals surface area contributed by atoms with E-state index in [4.69, 9.17) is 27.9 Å². The Bertz CT molecular complexity index is 1370. The third-order valence-electron chi connectivity index (χ3n) is 6.05. The molecule has 7 heteroatoms. The van der Waals surface area contributed by atoms with Gasteiger partial charge in [-0.2, -0.15) is 0 Å². The molecule has 0 spiro atoms. The Hall–Kier alpha value is -3.15. The molecule has 1 fully saturated rings. The zero-order valence-corrected chi connectivity index (χ0v) is 20.1. The van der Waals surface area contributed by atoms with E-state index in [1.165, 1.54) is 18.4 Å². The molecule has 1 saturated carbocycles. The van der Waals surface area contributed by atoms with Crippen molar-refractivity contribution in [1.82, 2.24) is 15.5 Å². The molecule has 5 rings (SSSR count). The molecule has 0 aliphatic heterocycles. The number of carbonyl (C=O) groups excluding carboxylic acids is 1. The summed E-state index contributed by atoms with van der Waals surface area (Å²) in [5.74, 6) is 0.982. The van der Waals surface area contributed by atoms with E-state index in [1.807, 2.05) is 31.2 Å². The minimum atomic E-state index is -0.291. The van der Waals surface area contributed by atoms with Crippen molar-refractivity contribution in [2.45, 2.75) is 31.6 Å². The van der Waals surface area contributed by atoms with Crippen molar-refractivity contribution < 1.29 is 9.53 Å². The molecule has 0 radical (unpaired) electrons. The van der Waals surface area contributed by atoms with Crippen molar-refractivity contribution in [2.24, 2.45) is 0 Å². The zero-order valence-electron chi connectivity index (χ0n) is 18.6. The number of ether oxygens (including phenoxy) is 1. The highest BCUT2D eigenvalue weighted by Crippen LogP contribution is 2.41. The number of amides is 1. The fraction of sp³-hybridized carbons (Fsp3) is 0.222. The standard InChI is InChI=1S/C27H23Cl2N3O2/c1-16(21-12-11-18(13-23(21)29)17-9-10-17)15-30-26(33)25-22-7-2-3-8-24(22)31-32-27(25)34-20-6-4-5-19(28)14-20/h2-8,11-14,16-17H,9-10,15H2,1H3,(H,30,33). The van der Waals surface area contributed by atoms with E-state index in [0.717, 1.165) is 10.6 Å². The normalized spacial score (nSPS) is 14.1. The molecule has 34 heavy (non-hydrogen) atoms. The maximum Gasteiger partial charge on any atom is 0.257 e. The molecule has 3 aromatic carbocycles. The second-order valence-electron chi connectivity index (χ2n) is 8.62. The molecule has 1 aliphatic rings. The average Bonchev–Trinajstić information content (AvgIpc) is 3.68. The number of halogens is 2. The molecule has 1 unspecified atom stereocenters. The van der Waals surface area contributed by atoms with E-state index >= 15 is 0 Å². The topological polar surface area (TPSA) is 64.1 Å². The maximum atomic E-state index is 13.4. The third-order valence-corrected chi connectivity index (χ3v) is 6.61. The summed E-state index contributed by atoms with van der Waals surface area (Å²) in [5, 5.41) is 13.4. The van der Waals surface area contributed by atoms with Crippen LogP contribution < -0.4 is 10.1 Å². The lowest BCUT2D eigenvalue weighted by molar-refractivity contribution is 0.0950. The maximum absolute atomic E-state index is 13.4. The first-order valence-corrected chi connectivity index (χ1v) is 12.0. The zero-order chi connectivity index (χ0) is 23.7. The second-order valence-corrected chi connectivity index (χ2v) is 9.47. The highest BCUT2D eigenvalue weighted by Gasteiger charge is 2.25. The van der Waals surface area contributed by atoms with Crippen LogP contribution in [0.5, 0.6) is 11.6 Å². The van der Waals surface area contributed by atoms with Crippen molar-refractivity contribution >= 4 is 40.0 Å². The van der Waals surface area contributed by atoms with Crippen LogP contribution in [-0.2, 0) is 0 Å². The van der Waals surface area contributed by atoms with E-state index in [2.05, 4.69) is 33.7 Å². The molecule has 172 valence electrons. The summed E-state index contributed by atoms with van der Waals surface area (Å²) in [6, 6.07) is 20.6. The van der Waals surface area contributed by atoms with Gasteiger partial charge in [0.25, 0.3) is 11.8 Å². The summed E-state index contributed by atoms with van der Waals surface area (Å²) < 4.78 is 5.93. The molecule has 4 aromatic rings. The van der Waals surface area contributed by atoms with Crippen LogP contribution in [0, 0.1) is 0 Å². The van der Waals surface area contributed by atoms with Crippen LogP contribution in [0.3, 0.4) is 0 Å². The summed E-state index contributed by atoms with van der Waals surface area (Å²) in [7, 11) is 0. The van der Waals surface area contributed by atoms with Crippen molar-refractivity contribution in [3.05, 3.63) is 93.5 Å². The second kappa shape index (κ2) is 9.61. The van der Waals surface area contributed by atoms with Crippen LogP contribution in [0.15, 0.2) is 66.7 Å². The van der Waals surface area contributed by atoms with Crippen molar-refractivity contribution in [2.75, 3.05) is 6.54 Å². The number of aromatic nitrogens is 2. The van der Waals surface area contributed by atoms with Gasteiger partial charge in [0.05, 0.1) is 5.52 Å². The first kappa shape index (κ1) is 22.6. The van der Waals surface area contributed by atoms with Gasteiger partial charge in [-0.1, -0.05) is 66.5 Å². The van der Waals surface area contributed by atoms with Crippen LogP contribution in [0.1, 0.15) is 53.1 Å². The van der Waals surface area contributed by atoms with Crippen molar-refractivity contribution in [3.63, 3.8) is 0 Å². The van der Waals surface area contributed by atoms with Gasteiger partial charge in [0.1, 0.15) is 11.3 Å². The van der Waals surface area contributed by atoms with Gasteiger partial charge in [0.2, 0.25) is 0 Å². The Morgan fingerprint density at radius 1 is 1.06 bits per heavy atom. The molecule has 1 aromatic heterocycles. The Kier molecular flexibility index (Phi) is 6.40. The van der Waals surface area contributed by atoms with Crippen LogP contribution in [-0.4, -0.2) is 22.6 Å². The molecule has 0 saturated heterocycles. The number of benzene rings is 3. The number of nitrogens with zero attached hydrogens (tertiary/aromatic N) is 2. The van der Waals surface area contributed by atoms with Crippen LogP contribution in [0.25, 0.3) is 10.9 Å². The minimum absolute atomic E-state index is 0.0306. The molecule has 1 aliphatic carbocycles. The van der Waals surface area contributed by atoms with Crippen LogP contribution >= 0.6 is 23.2 Å². The lowest BCUT2D eigenvalue weighted by atomic mass is 9.98. The molecular weight excluding hydrogens is 469 g/mol. The molecule has 1 heterocycles. The quantitative estimate of drug-likeness (QED) is 0.298. The first-order valence-electron chi connectivity index (χ1n) is 11.3. The third kappa shape index (κ3) is 4.86. The number of carbonyl (C=O) groups is 1. The van der Waals surface area contributed by atoms with Gasteiger partial charge in [-0.05, 0) is 66.1 Å². The van der Waals surface area contributed by atoms with E-state index in [1.54, 1.807) is 24.3 Å². The van der Waals surface area contributed by atoms with E-state index in [0.29, 0.717) is 39.7 Å². The SMILES string of the molecule is CC(CNC(=O)c1c(Oc2cccc(Cl)c2)nnc2ccccc12)c1ccc(C2CC2)cc1Cl. The molecule has 1 atom stereocenters. The predicted octanol–water partition coefficient (Wildman–Crippen LogP) is 7.14. The van der Waals surface area contributed by atoms with E-state index in [-0.39, 0.29) is 17.7 Å². The van der Waals surface area contributed by atoms with Gasteiger partial charge in [0, 0.05) is 22.0 Å². The first-order chi connectivity index (χ1) is 16.5.